The number of hydrogen-bond donors (Lipinski definition) is 0. The molecule has 2 unspecified atom stereocenters. The second-order valence-electron chi connectivity index (χ2n) is 7.76. The standard InChI is InChI=1S/C26H20Cl2FNO4/c1-2-32-19-11-9-18(10-12-19)25(16-26(25,27)28)24(31)34-23(15-30)17-8-13-21(29)22(14-17)33-20-6-4-3-5-7-20/h3-14,23H,2,16H2,1H3. The van der Waals surface area contributed by atoms with E-state index in [9.17, 15) is 14.4 Å². The molecule has 4 rings (SSSR count). The number of ether oxygens (including phenoxy) is 3. The first kappa shape index (κ1) is 23.9. The predicted molar refractivity (Wildman–Crippen MR) is 126 cm³/mol. The molecule has 0 bridgehead atoms. The third-order valence-electron chi connectivity index (χ3n) is 5.56. The number of nitrogens with zero attached hydrogens (tertiary/aromatic N) is 1. The molecule has 1 saturated carbocycles. The van der Waals surface area contributed by atoms with Crippen molar-refractivity contribution in [3.8, 4) is 23.3 Å². The van der Waals surface area contributed by atoms with Crippen LogP contribution in [0.15, 0.2) is 72.8 Å². The van der Waals surface area contributed by atoms with Gasteiger partial charge >= 0.3 is 5.97 Å². The lowest BCUT2D eigenvalue weighted by Gasteiger charge is -2.20. The Labute approximate surface area is 206 Å². The molecule has 8 heteroatoms. The highest BCUT2D eigenvalue weighted by molar-refractivity contribution is 6.54. The van der Waals surface area contributed by atoms with Gasteiger partial charge in [-0.05, 0) is 48.9 Å². The highest BCUT2D eigenvalue weighted by atomic mass is 35.5. The number of halogens is 3. The molecule has 0 spiro atoms. The zero-order valence-electron chi connectivity index (χ0n) is 18.1. The average Bonchev–Trinajstić information content (AvgIpc) is 3.43. The highest BCUT2D eigenvalue weighted by Crippen LogP contribution is 2.65. The van der Waals surface area contributed by atoms with E-state index in [1.165, 1.54) is 12.1 Å². The zero-order chi connectivity index (χ0) is 24.3. The second kappa shape index (κ2) is 9.54. The van der Waals surface area contributed by atoms with Gasteiger partial charge in [0.25, 0.3) is 0 Å². The second-order valence-corrected chi connectivity index (χ2v) is 9.25. The lowest BCUT2D eigenvalue weighted by atomic mass is 9.95. The predicted octanol–water partition coefficient (Wildman–Crippen LogP) is 6.64. The molecule has 0 aromatic heterocycles. The summed E-state index contributed by atoms with van der Waals surface area (Å²) in [4.78, 5) is 13.3. The van der Waals surface area contributed by atoms with Gasteiger partial charge in [-0.15, -0.1) is 0 Å². The number of esters is 1. The van der Waals surface area contributed by atoms with Crippen LogP contribution in [0.2, 0.25) is 0 Å². The molecule has 0 heterocycles. The van der Waals surface area contributed by atoms with Gasteiger partial charge in [-0.3, -0.25) is 4.79 Å². The molecule has 5 nitrogen and oxygen atoms in total. The Bertz CT molecular complexity index is 1230. The van der Waals surface area contributed by atoms with Gasteiger partial charge in [0.05, 0.1) is 6.61 Å². The Morgan fingerprint density at radius 1 is 1.09 bits per heavy atom. The van der Waals surface area contributed by atoms with E-state index in [2.05, 4.69) is 0 Å². The van der Waals surface area contributed by atoms with E-state index in [0.717, 1.165) is 6.07 Å². The normalized spacial score (nSPS) is 18.9. The van der Waals surface area contributed by atoms with E-state index in [-0.39, 0.29) is 17.7 Å². The Hall–Kier alpha value is -3.27. The molecule has 0 radical (unpaired) electrons. The number of rotatable bonds is 8. The van der Waals surface area contributed by atoms with Crippen molar-refractivity contribution in [3.05, 3.63) is 89.7 Å². The van der Waals surface area contributed by atoms with Crippen molar-refractivity contribution >= 4 is 29.2 Å². The maximum Gasteiger partial charge on any atom is 0.321 e. The lowest BCUT2D eigenvalue weighted by Crippen LogP contribution is -2.30. The Morgan fingerprint density at radius 2 is 1.76 bits per heavy atom. The van der Waals surface area contributed by atoms with Crippen LogP contribution in [0.4, 0.5) is 4.39 Å². The summed E-state index contributed by atoms with van der Waals surface area (Å²) in [6.45, 7) is 2.36. The van der Waals surface area contributed by atoms with Crippen molar-refractivity contribution in [1.82, 2.24) is 0 Å². The van der Waals surface area contributed by atoms with Crippen LogP contribution in [0.1, 0.15) is 30.6 Å². The molecule has 3 aromatic carbocycles. The Balaban J connectivity index is 1.57. The van der Waals surface area contributed by atoms with Crippen LogP contribution in [0.25, 0.3) is 0 Å². The summed E-state index contributed by atoms with van der Waals surface area (Å²) in [5.74, 6) is -0.410. The van der Waals surface area contributed by atoms with E-state index in [0.29, 0.717) is 23.7 Å². The molecule has 1 aliphatic rings. The number of benzene rings is 3. The van der Waals surface area contributed by atoms with E-state index in [1.807, 2.05) is 13.0 Å². The zero-order valence-corrected chi connectivity index (χ0v) is 19.6. The van der Waals surface area contributed by atoms with E-state index >= 15 is 0 Å². The molecule has 0 saturated heterocycles. The van der Waals surface area contributed by atoms with Gasteiger partial charge in [-0.25, -0.2) is 4.39 Å². The average molecular weight is 500 g/mol. The minimum atomic E-state index is -1.39. The number of para-hydroxylation sites is 1. The van der Waals surface area contributed by atoms with Crippen molar-refractivity contribution in [1.29, 1.82) is 5.26 Å². The summed E-state index contributed by atoms with van der Waals surface area (Å²) in [7, 11) is 0. The van der Waals surface area contributed by atoms with Crippen molar-refractivity contribution in [2.45, 2.75) is 29.2 Å². The van der Waals surface area contributed by atoms with Crippen molar-refractivity contribution in [3.63, 3.8) is 0 Å². The van der Waals surface area contributed by atoms with Crippen molar-refractivity contribution in [2.75, 3.05) is 6.61 Å². The fraction of sp³-hybridized carbons (Fsp3) is 0.231. The van der Waals surface area contributed by atoms with Gasteiger partial charge in [0.1, 0.15) is 27.3 Å². The number of carbonyl (C=O) groups excluding carboxylic acids is 1. The van der Waals surface area contributed by atoms with Crippen molar-refractivity contribution in [2.24, 2.45) is 0 Å². The summed E-state index contributed by atoms with van der Waals surface area (Å²) in [6, 6.07) is 21.2. The minimum Gasteiger partial charge on any atom is -0.494 e. The van der Waals surface area contributed by atoms with Crippen LogP contribution < -0.4 is 9.47 Å². The molecular weight excluding hydrogens is 480 g/mol. The summed E-state index contributed by atoms with van der Waals surface area (Å²) in [6.07, 6.45) is -1.20. The molecule has 1 aliphatic carbocycles. The van der Waals surface area contributed by atoms with E-state index < -0.39 is 27.6 Å². The molecule has 3 aromatic rings. The summed E-state index contributed by atoms with van der Waals surface area (Å²) < 4.78 is 29.5. The van der Waals surface area contributed by atoms with Gasteiger partial charge in [0.2, 0.25) is 6.10 Å². The molecule has 0 amide bonds. The lowest BCUT2D eigenvalue weighted by molar-refractivity contribution is -0.150. The summed E-state index contributed by atoms with van der Waals surface area (Å²) in [5, 5.41) is 9.72. The maximum absolute atomic E-state index is 14.3. The Kier molecular flexibility index (Phi) is 6.70. The first-order valence-corrected chi connectivity index (χ1v) is 11.3. The van der Waals surface area contributed by atoms with Gasteiger partial charge in [-0.1, -0.05) is 59.6 Å². The maximum atomic E-state index is 14.3. The quantitative estimate of drug-likeness (QED) is 0.256. The molecule has 0 N–H and O–H groups in total. The topological polar surface area (TPSA) is 68.5 Å². The third kappa shape index (κ3) is 4.54. The highest BCUT2D eigenvalue weighted by Gasteiger charge is 2.73. The first-order valence-electron chi connectivity index (χ1n) is 10.5. The SMILES string of the molecule is CCOc1ccc(C2(C(=O)OC(C#N)c3ccc(F)c(Oc4ccccc4)c3)CC2(Cl)Cl)cc1. The van der Waals surface area contributed by atoms with Crippen LogP contribution in [0.5, 0.6) is 17.2 Å². The third-order valence-corrected chi connectivity index (χ3v) is 6.48. The molecule has 34 heavy (non-hydrogen) atoms. The van der Waals surface area contributed by atoms with E-state index in [1.54, 1.807) is 54.6 Å². The molecule has 174 valence electrons. The Morgan fingerprint density at radius 3 is 2.35 bits per heavy atom. The number of alkyl halides is 2. The largest absolute Gasteiger partial charge is 0.494 e. The summed E-state index contributed by atoms with van der Waals surface area (Å²) in [5.41, 5.74) is -0.533. The van der Waals surface area contributed by atoms with Crippen LogP contribution in [-0.2, 0) is 14.9 Å². The molecular formula is C26H20Cl2FNO4. The number of carbonyl (C=O) groups is 1. The molecule has 2 atom stereocenters. The van der Waals surface area contributed by atoms with Gasteiger partial charge < -0.3 is 14.2 Å². The fourth-order valence-electron chi connectivity index (χ4n) is 3.70. The summed E-state index contributed by atoms with van der Waals surface area (Å²) >= 11 is 12.8. The minimum absolute atomic E-state index is 0.100. The van der Waals surface area contributed by atoms with Crippen LogP contribution in [0.3, 0.4) is 0 Å². The van der Waals surface area contributed by atoms with Crippen LogP contribution in [0, 0.1) is 17.1 Å². The van der Waals surface area contributed by atoms with E-state index in [4.69, 9.17) is 37.4 Å². The van der Waals surface area contributed by atoms with Crippen LogP contribution >= 0.6 is 23.2 Å². The first-order chi connectivity index (χ1) is 16.3. The molecule has 0 aliphatic heterocycles. The monoisotopic (exact) mass is 499 g/mol. The van der Waals surface area contributed by atoms with Gasteiger partial charge in [-0.2, -0.15) is 5.26 Å². The fourth-order valence-corrected chi connectivity index (χ4v) is 4.47. The smallest absolute Gasteiger partial charge is 0.321 e. The van der Waals surface area contributed by atoms with Crippen molar-refractivity contribution < 1.29 is 23.4 Å². The molecule has 1 fully saturated rings. The number of nitriles is 1. The van der Waals surface area contributed by atoms with Gasteiger partial charge in [0, 0.05) is 12.0 Å². The van der Waals surface area contributed by atoms with Crippen LogP contribution in [-0.4, -0.2) is 16.9 Å². The van der Waals surface area contributed by atoms with Gasteiger partial charge in [0.15, 0.2) is 11.6 Å². The number of hydrogen-bond acceptors (Lipinski definition) is 5.